The number of thioether (sulfide) groups is 1. The molecule has 3 rings (SSSR count). The van der Waals surface area contributed by atoms with Crippen LogP contribution < -0.4 is 10.6 Å². The van der Waals surface area contributed by atoms with Gasteiger partial charge >= 0.3 is 5.97 Å². The monoisotopic (exact) mass is 427 g/mol. The number of ether oxygens (including phenoxy) is 1. The van der Waals surface area contributed by atoms with Crippen LogP contribution >= 0.6 is 11.8 Å². The molecule has 0 aromatic heterocycles. The molecule has 8 heteroatoms. The van der Waals surface area contributed by atoms with Crippen LogP contribution in [0.25, 0.3) is 0 Å². The number of carbonyl (C=O) groups excluding carboxylic acids is 2. The maximum absolute atomic E-state index is 13.0. The van der Waals surface area contributed by atoms with Crippen LogP contribution in [0, 0.1) is 5.82 Å². The van der Waals surface area contributed by atoms with E-state index in [4.69, 9.17) is 4.74 Å². The minimum Gasteiger partial charge on any atom is -0.466 e. The topological polar surface area (TPSA) is 79.8 Å². The van der Waals surface area contributed by atoms with Crippen LogP contribution in [0.15, 0.2) is 65.3 Å². The first-order valence-electron chi connectivity index (χ1n) is 9.48. The summed E-state index contributed by atoms with van der Waals surface area (Å²) < 4.78 is 18.0. The summed E-state index contributed by atoms with van der Waals surface area (Å²) in [5, 5.41) is 6.64. The Bertz CT molecular complexity index is 974. The number of esters is 1. The van der Waals surface area contributed by atoms with Crippen molar-refractivity contribution in [3.05, 3.63) is 71.7 Å². The summed E-state index contributed by atoms with van der Waals surface area (Å²) >= 11 is 1.27. The molecule has 0 saturated carbocycles. The van der Waals surface area contributed by atoms with Gasteiger partial charge in [0, 0.05) is 12.2 Å². The lowest BCUT2D eigenvalue weighted by molar-refractivity contribution is -0.142. The summed E-state index contributed by atoms with van der Waals surface area (Å²) in [5.41, 5.74) is 2.97. The van der Waals surface area contributed by atoms with Crippen molar-refractivity contribution in [2.45, 2.75) is 19.9 Å². The van der Waals surface area contributed by atoms with Gasteiger partial charge in [-0.3, -0.25) is 9.59 Å². The number of benzene rings is 2. The van der Waals surface area contributed by atoms with Gasteiger partial charge < -0.3 is 15.4 Å². The number of hydrogen-bond donors (Lipinski definition) is 2. The highest BCUT2D eigenvalue weighted by Crippen LogP contribution is 2.31. The van der Waals surface area contributed by atoms with E-state index in [0.29, 0.717) is 23.9 Å². The zero-order chi connectivity index (χ0) is 21.3. The Balaban J connectivity index is 1.64. The maximum Gasteiger partial charge on any atom is 0.311 e. The zero-order valence-electron chi connectivity index (χ0n) is 16.5. The van der Waals surface area contributed by atoms with Gasteiger partial charge in [-0.25, -0.2) is 9.38 Å². The van der Waals surface area contributed by atoms with E-state index in [1.165, 1.54) is 23.9 Å². The SMILES string of the molecule is CCOC(=O)CC1=CC(SCC(=O)NCc2ccc(F)cc2)=Nc2ccccc2N1. The number of nitrogens with zero attached hydrogens (tertiary/aromatic N) is 1. The minimum absolute atomic E-state index is 0.0819. The number of aliphatic imine (C=N–C) groups is 1. The molecule has 0 atom stereocenters. The van der Waals surface area contributed by atoms with Crippen molar-refractivity contribution >= 4 is 40.1 Å². The molecule has 2 aromatic rings. The second-order valence-electron chi connectivity index (χ2n) is 6.44. The molecule has 2 N–H and O–H groups in total. The molecule has 0 saturated heterocycles. The normalized spacial score (nSPS) is 12.6. The first kappa shape index (κ1) is 21.6. The van der Waals surface area contributed by atoms with Crippen molar-refractivity contribution in [3.8, 4) is 0 Å². The van der Waals surface area contributed by atoms with Crippen molar-refractivity contribution in [2.75, 3.05) is 17.7 Å². The first-order valence-corrected chi connectivity index (χ1v) is 10.5. The van der Waals surface area contributed by atoms with Crippen LogP contribution in [0.3, 0.4) is 0 Å². The predicted octanol–water partition coefficient (Wildman–Crippen LogP) is 4.17. The molecule has 156 valence electrons. The number of fused-ring (bicyclic) bond motifs is 1. The molecule has 0 bridgehead atoms. The van der Waals surface area contributed by atoms with Gasteiger partial charge in [-0.15, -0.1) is 0 Å². The summed E-state index contributed by atoms with van der Waals surface area (Å²) in [6.07, 6.45) is 1.84. The number of hydrogen-bond acceptors (Lipinski definition) is 6. The van der Waals surface area contributed by atoms with E-state index in [1.807, 2.05) is 24.3 Å². The molecule has 0 aliphatic carbocycles. The molecule has 0 radical (unpaired) electrons. The number of carbonyl (C=O) groups is 2. The van der Waals surface area contributed by atoms with E-state index in [-0.39, 0.29) is 29.9 Å². The van der Waals surface area contributed by atoms with Gasteiger partial charge in [0.2, 0.25) is 5.91 Å². The maximum atomic E-state index is 13.0. The Hall–Kier alpha value is -3.13. The molecule has 1 aliphatic rings. The molecule has 1 heterocycles. The van der Waals surface area contributed by atoms with E-state index in [1.54, 1.807) is 25.1 Å². The molecule has 0 spiro atoms. The van der Waals surface area contributed by atoms with Crippen LogP contribution in [0.5, 0.6) is 0 Å². The van der Waals surface area contributed by atoms with Crippen molar-refractivity contribution < 1.29 is 18.7 Å². The lowest BCUT2D eigenvalue weighted by Crippen LogP contribution is -2.25. The fourth-order valence-electron chi connectivity index (χ4n) is 2.72. The van der Waals surface area contributed by atoms with Crippen molar-refractivity contribution in [1.29, 1.82) is 0 Å². The van der Waals surface area contributed by atoms with E-state index in [2.05, 4.69) is 15.6 Å². The molecule has 1 aliphatic heterocycles. The highest BCUT2D eigenvalue weighted by Gasteiger charge is 2.15. The second kappa shape index (κ2) is 10.6. The van der Waals surface area contributed by atoms with Crippen LogP contribution in [0.4, 0.5) is 15.8 Å². The molecule has 0 fully saturated rings. The van der Waals surface area contributed by atoms with Crippen LogP contribution in [-0.4, -0.2) is 29.3 Å². The van der Waals surface area contributed by atoms with E-state index < -0.39 is 0 Å². The number of anilines is 1. The Morgan fingerprint density at radius 3 is 2.70 bits per heavy atom. The Morgan fingerprint density at radius 1 is 1.17 bits per heavy atom. The summed E-state index contributed by atoms with van der Waals surface area (Å²) in [6, 6.07) is 13.5. The molecular weight excluding hydrogens is 405 g/mol. The zero-order valence-corrected chi connectivity index (χ0v) is 17.3. The minimum atomic E-state index is -0.336. The summed E-state index contributed by atoms with van der Waals surface area (Å²) in [4.78, 5) is 28.8. The number of rotatable bonds is 7. The van der Waals surface area contributed by atoms with Gasteiger partial charge in [-0.05, 0) is 42.8 Å². The van der Waals surface area contributed by atoms with E-state index >= 15 is 0 Å². The van der Waals surface area contributed by atoms with Crippen molar-refractivity contribution in [1.82, 2.24) is 5.32 Å². The molecule has 1 amide bonds. The quantitative estimate of drug-likeness (QED) is 0.649. The smallest absolute Gasteiger partial charge is 0.311 e. The van der Waals surface area contributed by atoms with Gasteiger partial charge in [-0.1, -0.05) is 36.0 Å². The summed E-state index contributed by atoms with van der Waals surface area (Å²) in [5.74, 6) is -0.660. The fourth-order valence-corrected chi connectivity index (χ4v) is 3.49. The average molecular weight is 428 g/mol. The first-order chi connectivity index (χ1) is 14.5. The highest BCUT2D eigenvalue weighted by molar-refractivity contribution is 8.14. The lowest BCUT2D eigenvalue weighted by Gasteiger charge is -2.10. The standard InChI is InChI=1S/C22H22FN3O3S/c1-2-29-22(28)12-17-11-21(26-19-6-4-3-5-18(19)25-17)30-14-20(27)24-13-15-7-9-16(23)10-8-15/h3-11,25H,2,12-14H2,1H3,(H,24,27). The van der Waals surface area contributed by atoms with E-state index in [9.17, 15) is 14.0 Å². The Morgan fingerprint density at radius 2 is 1.93 bits per heavy atom. The third-order valence-corrected chi connectivity index (χ3v) is 5.03. The summed E-state index contributed by atoms with van der Waals surface area (Å²) in [6.45, 7) is 2.39. The van der Waals surface area contributed by atoms with Crippen LogP contribution in [-0.2, 0) is 20.9 Å². The van der Waals surface area contributed by atoms with Gasteiger partial charge in [0.25, 0.3) is 0 Å². The lowest BCUT2D eigenvalue weighted by atomic mass is 10.2. The fraction of sp³-hybridized carbons (Fsp3) is 0.227. The Labute approximate surface area is 178 Å². The number of para-hydroxylation sites is 2. The number of amides is 1. The molecule has 0 unspecified atom stereocenters. The molecule has 6 nitrogen and oxygen atoms in total. The van der Waals surface area contributed by atoms with Gasteiger partial charge in [-0.2, -0.15) is 0 Å². The van der Waals surface area contributed by atoms with Crippen LogP contribution in [0.2, 0.25) is 0 Å². The van der Waals surface area contributed by atoms with Crippen molar-refractivity contribution in [2.24, 2.45) is 4.99 Å². The van der Waals surface area contributed by atoms with E-state index in [0.717, 1.165) is 16.9 Å². The number of halogens is 1. The molecule has 30 heavy (non-hydrogen) atoms. The van der Waals surface area contributed by atoms with Crippen LogP contribution in [0.1, 0.15) is 18.9 Å². The van der Waals surface area contributed by atoms with Gasteiger partial charge in [0.1, 0.15) is 5.82 Å². The van der Waals surface area contributed by atoms with Crippen molar-refractivity contribution in [3.63, 3.8) is 0 Å². The highest BCUT2D eigenvalue weighted by atomic mass is 32.2. The third-order valence-electron chi connectivity index (χ3n) is 4.12. The average Bonchev–Trinajstić information content (AvgIpc) is 2.90. The second-order valence-corrected chi connectivity index (χ2v) is 7.43. The largest absolute Gasteiger partial charge is 0.466 e. The molecule has 2 aromatic carbocycles. The number of nitrogens with one attached hydrogen (secondary N) is 2. The Kier molecular flexibility index (Phi) is 7.62. The summed E-state index contributed by atoms with van der Waals surface area (Å²) in [7, 11) is 0. The van der Waals surface area contributed by atoms with Gasteiger partial charge in [0.05, 0.1) is 35.2 Å². The van der Waals surface area contributed by atoms with Gasteiger partial charge in [0.15, 0.2) is 0 Å². The molecular formula is C22H22FN3O3S. The predicted molar refractivity (Wildman–Crippen MR) is 117 cm³/mol. The third kappa shape index (κ3) is 6.45.